The number of rotatable bonds is 2. The van der Waals surface area contributed by atoms with Crippen LogP contribution in [0.4, 0.5) is 0 Å². The Labute approximate surface area is 164 Å². The Kier molecular flexibility index (Phi) is 4.76. The monoisotopic (exact) mass is 372 g/mol. The molecule has 27 heavy (non-hydrogen) atoms. The summed E-state index contributed by atoms with van der Waals surface area (Å²) < 4.78 is 18.0. The number of hydrogen-bond donors (Lipinski definition) is 1. The van der Waals surface area contributed by atoms with Crippen LogP contribution in [0.5, 0.6) is 0 Å². The lowest BCUT2D eigenvalue weighted by Gasteiger charge is -2.37. The van der Waals surface area contributed by atoms with Crippen molar-refractivity contribution in [2.45, 2.75) is 96.7 Å². The highest BCUT2D eigenvalue weighted by atomic mass is 16.7. The molecule has 2 heterocycles. The van der Waals surface area contributed by atoms with Crippen molar-refractivity contribution < 1.29 is 19.2 Å². The molecule has 3 aliphatic rings. The molecule has 1 saturated carbocycles. The fourth-order valence-corrected chi connectivity index (χ4v) is 4.42. The van der Waals surface area contributed by atoms with Crippen LogP contribution in [0.3, 0.4) is 0 Å². The van der Waals surface area contributed by atoms with Crippen molar-refractivity contribution in [3.8, 4) is 11.8 Å². The zero-order valence-corrected chi connectivity index (χ0v) is 18.0. The van der Waals surface area contributed by atoms with Gasteiger partial charge in [0.2, 0.25) is 0 Å². The van der Waals surface area contributed by atoms with E-state index in [0.29, 0.717) is 12.8 Å². The molecule has 1 N–H and O–H groups in total. The standard InChI is InChI=1S/C22H33BO4/c1-16(10-9-13-23-26-19(4,5)20(6,7)27-23)11-12-22-18(2,3)14-17(24)15-21(22,8)25-22/h9-10,13,17,24H,14-15H2,1-8H3/b13-9+,16-10+/t17-,21+,22-/m0/s1. The molecule has 3 atom stereocenters. The Bertz CT molecular complexity index is 723. The first-order chi connectivity index (χ1) is 12.2. The molecule has 1 aliphatic carbocycles. The molecular formula is C22H33BO4. The van der Waals surface area contributed by atoms with E-state index < -0.39 is 5.60 Å². The maximum atomic E-state index is 10.1. The minimum atomic E-state index is -0.468. The summed E-state index contributed by atoms with van der Waals surface area (Å²) in [7, 11) is -0.348. The maximum Gasteiger partial charge on any atom is 0.487 e. The Morgan fingerprint density at radius 1 is 1.04 bits per heavy atom. The predicted molar refractivity (Wildman–Crippen MR) is 108 cm³/mol. The summed E-state index contributed by atoms with van der Waals surface area (Å²) in [5.74, 6) is 8.55. The highest BCUT2D eigenvalue weighted by Crippen LogP contribution is 2.64. The van der Waals surface area contributed by atoms with Gasteiger partial charge in [-0.15, -0.1) is 0 Å². The summed E-state index contributed by atoms with van der Waals surface area (Å²) in [6.45, 7) is 16.5. The number of aliphatic hydroxyl groups is 1. The summed E-state index contributed by atoms with van der Waals surface area (Å²) in [4.78, 5) is 0. The SMILES string of the molecule is C/C(C#C[C@@]12O[C@]1(C)C[C@@H](O)CC2(C)C)=C\C=C\B1OC(C)(C)C(C)(C)O1. The van der Waals surface area contributed by atoms with Gasteiger partial charge in [0.1, 0.15) is 5.60 Å². The van der Waals surface area contributed by atoms with Gasteiger partial charge in [-0.3, -0.25) is 0 Å². The number of epoxide rings is 1. The predicted octanol–water partition coefficient (Wildman–Crippen LogP) is 3.83. The molecule has 0 unspecified atom stereocenters. The van der Waals surface area contributed by atoms with Gasteiger partial charge in [0.05, 0.1) is 17.3 Å². The molecule has 2 saturated heterocycles. The second kappa shape index (κ2) is 6.22. The van der Waals surface area contributed by atoms with Crippen LogP contribution < -0.4 is 0 Å². The van der Waals surface area contributed by atoms with Crippen molar-refractivity contribution in [2.75, 3.05) is 0 Å². The fourth-order valence-electron chi connectivity index (χ4n) is 4.42. The summed E-state index contributed by atoms with van der Waals surface area (Å²) in [5.41, 5.74) is -0.693. The highest BCUT2D eigenvalue weighted by molar-refractivity contribution is 6.51. The van der Waals surface area contributed by atoms with Crippen molar-refractivity contribution >= 4 is 7.12 Å². The zero-order valence-electron chi connectivity index (χ0n) is 18.0. The molecule has 0 amide bonds. The third kappa shape index (κ3) is 3.42. The second-order valence-corrected chi connectivity index (χ2v) is 10.1. The van der Waals surface area contributed by atoms with E-state index >= 15 is 0 Å². The van der Waals surface area contributed by atoms with Crippen LogP contribution in [0.25, 0.3) is 0 Å². The zero-order chi connectivity index (χ0) is 20.3. The van der Waals surface area contributed by atoms with E-state index in [1.165, 1.54) is 0 Å². The van der Waals surface area contributed by atoms with Crippen LogP contribution >= 0.6 is 0 Å². The Morgan fingerprint density at radius 2 is 1.63 bits per heavy atom. The molecule has 0 aromatic heterocycles. The molecule has 0 radical (unpaired) electrons. The number of ether oxygens (including phenoxy) is 1. The van der Waals surface area contributed by atoms with Crippen LogP contribution in [0, 0.1) is 17.3 Å². The van der Waals surface area contributed by atoms with Gasteiger partial charge in [0.15, 0.2) is 5.60 Å². The van der Waals surface area contributed by atoms with E-state index in [2.05, 4.69) is 32.6 Å². The van der Waals surface area contributed by atoms with E-state index in [9.17, 15) is 5.11 Å². The molecule has 0 spiro atoms. The van der Waals surface area contributed by atoms with Gasteiger partial charge in [-0.25, -0.2) is 0 Å². The second-order valence-electron chi connectivity index (χ2n) is 10.1. The summed E-state index contributed by atoms with van der Waals surface area (Å²) in [5, 5.41) is 10.1. The van der Waals surface area contributed by atoms with Crippen molar-refractivity contribution in [2.24, 2.45) is 5.41 Å². The number of aliphatic hydroxyl groups excluding tert-OH is 1. The average molecular weight is 372 g/mol. The first-order valence-electron chi connectivity index (χ1n) is 9.86. The molecule has 5 heteroatoms. The quantitative estimate of drug-likeness (QED) is 0.346. The molecule has 0 aromatic carbocycles. The van der Waals surface area contributed by atoms with E-state index in [-0.39, 0.29) is 35.4 Å². The van der Waals surface area contributed by atoms with Crippen molar-refractivity contribution in [3.63, 3.8) is 0 Å². The van der Waals surface area contributed by atoms with Crippen molar-refractivity contribution in [3.05, 3.63) is 23.7 Å². The van der Waals surface area contributed by atoms with E-state index in [1.807, 2.05) is 52.7 Å². The van der Waals surface area contributed by atoms with Crippen LogP contribution in [-0.4, -0.2) is 40.7 Å². The van der Waals surface area contributed by atoms with Gasteiger partial charge < -0.3 is 19.2 Å². The van der Waals surface area contributed by atoms with Crippen LogP contribution in [0.1, 0.15) is 68.2 Å². The molecular weight excluding hydrogens is 339 g/mol. The molecule has 148 valence electrons. The third-order valence-corrected chi connectivity index (χ3v) is 6.73. The van der Waals surface area contributed by atoms with Crippen LogP contribution in [0.15, 0.2) is 23.7 Å². The lowest BCUT2D eigenvalue weighted by molar-refractivity contribution is 0.00578. The Morgan fingerprint density at radius 3 is 2.19 bits per heavy atom. The highest BCUT2D eigenvalue weighted by Gasteiger charge is 2.75. The fraction of sp³-hybridized carbons (Fsp3) is 0.727. The van der Waals surface area contributed by atoms with Gasteiger partial charge in [-0.1, -0.05) is 43.8 Å². The lowest BCUT2D eigenvalue weighted by Crippen LogP contribution is -2.46. The molecule has 0 bridgehead atoms. The van der Waals surface area contributed by atoms with Crippen molar-refractivity contribution in [1.29, 1.82) is 0 Å². The van der Waals surface area contributed by atoms with Gasteiger partial charge in [0, 0.05) is 11.8 Å². The number of hydrogen-bond acceptors (Lipinski definition) is 4. The van der Waals surface area contributed by atoms with E-state index in [1.54, 1.807) is 0 Å². The average Bonchev–Trinajstić information content (AvgIpc) is 3.03. The minimum absolute atomic E-state index is 0.175. The van der Waals surface area contributed by atoms with Gasteiger partial charge in [0.25, 0.3) is 0 Å². The lowest BCUT2D eigenvalue weighted by atomic mass is 9.63. The van der Waals surface area contributed by atoms with Crippen LogP contribution in [0.2, 0.25) is 0 Å². The van der Waals surface area contributed by atoms with Crippen molar-refractivity contribution in [1.82, 2.24) is 0 Å². The summed E-state index contributed by atoms with van der Waals surface area (Å²) in [6.07, 6.45) is 4.95. The molecule has 0 aromatic rings. The molecule has 4 nitrogen and oxygen atoms in total. The van der Waals surface area contributed by atoms with E-state index in [4.69, 9.17) is 14.0 Å². The maximum absolute atomic E-state index is 10.1. The number of fused-ring (bicyclic) bond motifs is 1. The van der Waals surface area contributed by atoms with Gasteiger partial charge in [-0.05, 0) is 53.5 Å². The Balaban J connectivity index is 1.68. The third-order valence-electron chi connectivity index (χ3n) is 6.73. The smallest absolute Gasteiger partial charge is 0.400 e. The summed E-state index contributed by atoms with van der Waals surface area (Å²) in [6, 6.07) is 0. The molecule has 3 rings (SSSR count). The minimum Gasteiger partial charge on any atom is -0.400 e. The topological polar surface area (TPSA) is 51.2 Å². The van der Waals surface area contributed by atoms with Gasteiger partial charge >= 0.3 is 7.12 Å². The van der Waals surface area contributed by atoms with E-state index in [0.717, 1.165) is 5.57 Å². The van der Waals surface area contributed by atoms with Gasteiger partial charge in [-0.2, -0.15) is 0 Å². The molecule has 3 fully saturated rings. The normalized spacial score (nSPS) is 39.1. The summed E-state index contributed by atoms with van der Waals surface area (Å²) >= 11 is 0. The largest absolute Gasteiger partial charge is 0.487 e. The molecule has 2 aliphatic heterocycles. The first-order valence-corrected chi connectivity index (χ1v) is 9.86. The number of allylic oxidation sites excluding steroid dienone is 3. The Hall–Kier alpha value is -1.06. The van der Waals surface area contributed by atoms with Crippen LogP contribution in [-0.2, 0) is 14.0 Å². The first kappa shape index (κ1) is 20.7.